The predicted octanol–water partition coefficient (Wildman–Crippen LogP) is -1.78. The van der Waals surface area contributed by atoms with E-state index in [0.29, 0.717) is 10.6 Å². The molecule has 0 aliphatic carbocycles. The molecule has 0 bridgehead atoms. The zero-order valence-corrected chi connectivity index (χ0v) is 20.3. The molecule has 2 fully saturated rings. The van der Waals surface area contributed by atoms with E-state index in [9.17, 15) is 19.5 Å². The summed E-state index contributed by atoms with van der Waals surface area (Å²) in [5, 5.41) is 18.1. The van der Waals surface area contributed by atoms with E-state index in [1.807, 2.05) is 0 Å². The van der Waals surface area contributed by atoms with Gasteiger partial charge in [-0.3, -0.25) is 9.59 Å². The van der Waals surface area contributed by atoms with Crippen LogP contribution in [0.2, 0.25) is 5.02 Å². The number of amides is 2. The summed E-state index contributed by atoms with van der Waals surface area (Å²) in [7, 11) is 0. The molecule has 8 nitrogen and oxygen atoms in total. The smallest absolute Gasteiger partial charge is 0.548 e. The van der Waals surface area contributed by atoms with Gasteiger partial charge in [-0.1, -0.05) is 35.0 Å². The molecule has 1 aromatic heterocycles. The molecular weight excluding hydrogens is 441 g/mol. The maximum absolute atomic E-state index is 13.0. The predicted molar refractivity (Wildman–Crippen MR) is 104 cm³/mol. The molecule has 0 spiro atoms. The van der Waals surface area contributed by atoms with Gasteiger partial charge in [-0.2, -0.15) is 0 Å². The van der Waals surface area contributed by atoms with Crippen molar-refractivity contribution in [2.75, 3.05) is 0 Å². The van der Waals surface area contributed by atoms with Gasteiger partial charge in [-0.05, 0) is 26.8 Å². The number of fused-ring (bicyclic) bond motifs is 1. The summed E-state index contributed by atoms with van der Waals surface area (Å²) >= 11 is 7.54. The van der Waals surface area contributed by atoms with Crippen LogP contribution >= 0.6 is 23.4 Å². The van der Waals surface area contributed by atoms with Crippen molar-refractivity contribution in [2.45, 2.75) is 43.0 Å². The summed E-state index contributed by atoms with van der Waals surface area (Å²) in [5.41, 5.74) is 0.996. The minimum Gasteiger partial charge on any atom is -0.548 e. The second-order valence-corrected chi connectivity index (χ2v) is 9.65. The third kappa shape index (κ3) is 3.56. The number of rotatable bonds is 4. The topological polar surface area (TPSA) is 116 Å². The van der Waals surface area contributed by atoms with E-state index in [2.05, 4.69) is 10.5 Å². The van der Waals surface area contributed by atoms with Gasteiger partial charge in [0, 0.05) is 10.3 Å². The largest absolute Gasteiger partial charge is 1.00 e. The molecule has 2 aliphatic heterocycles. The van der Waals surface area contributed by atoms with Crippen LogP contribution in [-0.2, 0) is 9.59 Å². The van der Waals surface area contributed by atoms with Crippen molar-refractivity contribution < 1.29 is 53.6 Å². The van der Waals surface area contributed by atoms with Crippen LogP contribution < -0.4 is 40.0 Å². The molecule has 4 rings (SSSR count). The second kappa shape index (κ2) is 8.20. The van der Waals surface area contributed by atoms with Gasteiger partial charge in [0.2, 0.25) is 5.91 Å². The fourth-order valence-corrected chi connectivity index (χ4v) is 5.66. The van der Waals surface area contributed by atoms with Crippen molar-refractivity contribution in [3.05, 3.63) is 40.6 Å². The fraction of sp³-hybridized carbons (Fsp3) is 0.368. The summed E-state index contributed by atoms with van der Waals surface area (Å²) in [5.74, 6) is -2.01. The molecular formula is C19H17ClN3NaO5S. The number of carboxylic acid groups (broad SMARTS) is 1. The Labute approximate surface area is 204 Å². The molecule has 1 N–H and O–H groups in total. The van der Waals surface area contributed by atoms with Crippen molar-refractivity contribution in [1.82, 2.24) is 15.4 Å². The number of hydrogen-bond donors (Lipinski definition) is 1. The van der Waals surface area contributed by atoms with Gasteiger partial charge in [0.1, 0.15) is 28.4 Å². The van der Waals surface area contributed by atoms with Crippen LogP contribution in [0.15, 0.2) is 28.8 Å². The minimum atomic E-state index is -1.31. The first-order chi connectivity index (χ1) is 13.6. The van der Waals surface area contributed by atoms with Gasteiger partial charge < -0.3 is 24.6 Å². The van der Waals surface area contributed by atoms with Crippen molar-refractivity contribution in [3.63, 3.8) is 0 Å². The van der Waals surface area contributed by atoms with Crippen molar-refractivity contribution in [2.24, 2.45) is 0 Å². The Morgan fingerprint density at radius 2 is 2.00 bits per heavy atom. The van der Waals surface area contributed by atoms with E-state index in [-0.39, 0.29) is 46.6 Å². The zero-order chi connectivity index (χ0) is 21.1. The Bertz CT molecular complexity index is 1040. The van der Waals surface area contributed by atoms with Gasteiger partial charge in [0.15, 0.2) is 0 Å². The third-order valence-electron chi connectivity index (χ3n) is 5.17. The Balaban J connectivity index is 0.00000256. The van der Waals surface area contributed by atoms with Gasteiger partial charge in [-0.25, -0.2) is 0 Å². The molecule has 0 radical (unpaired) electrons. The summed E-state index contributed by atoms with van der Waals surface area (Å²) in [4.78, 5) is 38.3. The maximum atomic E-state index is 13.0. The molecule has 0 saturated carbocycles. The molecule has 3 heterocycles. The van der Waals surface area contributed by atoms with Gasteiger partial charge in [0.25, 0.3) is 5.91 Å². The number of halogens is 1. The Kier molecular flexibility index (Phi) is 6.33. The summed E-state index contributed by atoms with van der Waals surface area (Å²) in [6.45, 7) is 5.07. The molecule has 2 aliphatic rings. The molecule has 2 amide bonds. The molecule has 152 valence electrons. The average molecular weight is 458 g/mol. The first-order valence-electron chi connectivity index (χ1n) is 8.86. The number of thioether (sulfide) groups is 1. The van der Waals surface area contributed by atoms with Crippen LogP contribution in [0.4, 0.5) is 0 Å². The van der Waals surface area contributed by atoms with Crippen molar-refractivity contribution in [1.29, 1.82) is 0 Å². The number of β-lactam (4-membered cyclic amide) rings is 1. The van der Waals surface area contributed by atoms with Gasteiger partial charge in [0.05, 0.1) is 17.0 Å². The molecule has 1 aromatic carbocycles. The Morgan fingerprint density at radius 3 is 2.63 bits per heavy atom. The number of nitrogens with zero attached hydrogens (tertiary/aromatic N) is 2. The second-order valence-electron chi connectivity index (χ2n) is 7.47. The van der Waals surface area contributed by atoms with E-state index in [1.165, 1.54) is 16.7 Å². The third-order valence-corrected chi connectivity index (χ3v) is 7.07. The SMILES string of the molecule is Cc1onc(-c2ccccc2Cl)c1C(=O)N[C@@H]1C(=O)N2[C@@H]1SC(C)(C)[C@@H]2C(=O)[O-].[Na+]. The standard InChI is InChI=1S/C19H18ClN3O5S.Na/c1-8-11(12(22-28-8)9-6-4-5-7-10(9)20)15(24)21-13-16(25)23-14(18(26)27)19(2,3)29-17(13)23;/h4-7,13-14,17H,1-3H3,(H,21,24)(H,26,27);/q;+1/p-1/t13-,14+,17-;/m1./s1. The normalized spacial score (nSPS) is 23.9. The van der Waals surface area contributed by atoms with E-state index < -0.39 is 40.0 Å². The quantitative estimate of drug-likeness (QED) is 0.426. The van der Waals surface area contributed by atoms with E-state index in [0.717, 1.165) is 0 Å². The fourth-order valence-electron chi connectivity index (χ4n) is 3.82. The summed E-state index contributed by atoms with van der Waals surface area (Å²) < 4.78 is 4.47. The molecule has 11 heteroatoms. The first-order valence-corrected chi connectivity index (χ1v) is 10.1. The molecule has 3 atom stereocenters. The van der Waals surface area contributed by atoms with Crippen LogP contribution in [0, 0.1) is 6.92 Å². The summed E-state index contributed by atoms with van der Waals surface area (Å²) in [6, 6.07) is 5.02. The zero-order valence-electron chi connectivity index (χ0n) is 16.8. The number of aromatic nitrogens is 1. The van der Waals surface area contributed by atoms with Crippen molar-refractivity contribution in [3.8, 4) is 11.3 Å². The molecule has 0 unspecified atom stereocenters. The van der Waals surface area contributed by atoms with E-state index >= 15 is 0 Å². The van der Waals surface area contributed by atoms with Crippen LogP contribution in [0.25, 0.3) is 11.3 Å². The van der Waals surface area contributed by atoms with Crippen LogP contribution in [0.1, 0.15) is 30.0 Å². The molecule has 30 heavy (non-hydrogen) atoms. The molecule has 2 saturated heterocycles. The Hall–Kier alpha value is -1.52. The Morgan fingerprint density at radius 1 is 1.33 bits per heavy atom. The van der Waals surface area contributed by atoms with Crippen LogP contribution in [-0.4, -0.2) is 50.0 Å². The number of hydrogen-bond acceptors (Lipinski definition) is 7. The number of aryl methyl sites for hydroxylation is 1. The summed E-state index contributed by atoms with van der Waals surface area (Å²) in [6.07, 6.45) is 0. The number of benzene rings is 1. The van der Waals surface area contributed by atoms with Crippen LogP contribution in [0.3, 0.4) is 0 Å². The first kappa shape index (κ1) is 23.1. The van der Waals surface area contributed by atoms with Gasteiger partial charge >= 0.3 is 29.6 Å². The number of aliphatic carboxylic acids is 1. The van der Waals surface area contributed by atoms with Gasteiger partial charge in [-0.15, -0.1) is 11.8 Å². The van der Waals surface area contributed by atoms with Crippen LogP contribution in [0.5, 0.6) is 0 Å². The van der Waals surface area contributed by atoms with E-state index in [4.69, 9.17) is 16.1 Å². The monoisotopic (exact) mass is 457 g/mol. The minimum absolute atomic E-state index is 0. The number of carbonyl (C=O) groups is 3. The number of carboxylic acids is 1. The molecule has 2 aromatic rings. The van der Waals surface area contributed by atoms with Crippen molar-refractivity contribution >= 4 is 41.1 Å². The number of nitrogens with one attached hydrogen (secondary N) is 1. The van der Waals surface area contributed by atoms with E-state index in [1.54, 1.807) is 45.0 Å². The maximum Gasteiger partial charge on any atom is 1.00 e. The average Bonchev–Trinajstić information content (AvgIpc) is 3.15. The number of carbonyl (C=O) groups excluding carboxylic acids is 3.